The quantitative estimate of drug-likeness (QED) is 0.661. The summed E-state index contributed by atoms with van der Waals surface area (Å²) in [6.07, 6.45) is 2.35. The molecule has 2 N–H and O–H groups in total. The van der Waals surface area contributed by atoms with E-state index >= 15 is 0 Å². The third-order valence-electron chi connectivity index (χ3n) is 3.16. The van der Waals surface area contributed by atoms with Gasteiger partial charge in [0.1, 0.15) is 0 Å². The number of likely N-dealkylation sites (N-methyl/N-ethyl adjacent to an activating group) is 2. The summed E-state index contributed by atoms with van der Waals surface area (Å²) in [4.78, 5) is 2.32. The molecule has 1 fully saturated rings. The van der Waals surface area contributed by atoms with E-state index in [1.807, 2.05) is 0 Å². The molecule has 0 aromatic carbocycles. The number of aliphatic hydroxyl groups is 1. The summed E-state index contributed by atoms with van der Waals surface area (Å²) < 4.78 is 5.35. The Morgan fingerprint density at radius 2 is 2.12 bits per heavy atom. The maximum Gasteiger partial charge on any atom is 0.0597 e. The average molecular weight is 230 g/mol. The number of rotatable bonds is 7. The number of hydrogen-bond donors (Lipinski definition) is 2. The lowest BCUT2D eigenvalue weighted by atomic mass is 10.00. The highest BCUT2D eigenvalue weighted by Gasteiger charge is 2.17. The van der Waals surface area contributed by atoms with Gasteiger partial charge >= 0.3 is 0 Å². The Bertz CT molecular complexity index is 166. The molecule has 0 aromatic rings. The topological polar surface area (TPSA) is 44.7 Å². The van der Waals surface area contributed by atoms with Gasteiger partial charge in [-0.2, -0.15) is 0 Å². The molecule has 0 amide bonds. The van der Waals surface area contributed by atoms with Crippen LogP contribution in [0.25, 0.3) is 0 Å². The Kier molecular flexibility index (Phi) is 6.96. The highest BCUT2D eigenvalue weighted by atomic mass is 16.5. The zero-order chi connectivity index (χ0) is 11.8. The highest BCUT2D eigenvalue weighted by molar-refractivity contribution is 4.72. The lowest BCUT2D eigenvalue weighted by Gasteiger charge is -2.29. The molecule has 1 aliphatic rings. The molecule has 0 aromatic heterocycles. The molecule has 1 rings (SSSR count). The molecule has 0 aliphatic carbocycles. The second-order valence-electron chi connectivity index (χ2n) is 4.71. The van der Waals surface area contributed by atoms with Crippen LogP contribution in [0.3, 0.4) is 0 Å². The number of nitrogens with one attached hydrogen (secondary N) is 1. The lowest BCUT2D eigenvalue weighted by Crippen LogP contribution is -2.43. The second kappa shape index (κ2) is 8.01. The van der Waals surface area contributed by atoms with Gasteiger partial charge in [-0.15, -0.1) is 0 Å². The zero-order valence-corrected chi connectivity index (χ0v) is 10.6. The van der Waals surface area contributed by atoms with Gasteiger partial charge in [0.25, 0.3) is 0 Å². The summed E-state index contributed by atoms with van der Waals surface area (Å²) in [7, 11) is 2.13. The van der Waals surface area contributed by atoms with Crippen LogP contribution in [0.2, 0.25) is 0 Å². The number of aliphatic hydroxyl groups excluding tert-OH is 1. The Morgan fingerprint density at radius 1 is 1.44 bits per heavy atom. The molecular formula is C12H26N2O2. The Labute approximate surface area is 99.0 Å². The minimum absolute atomic E-state index is 0.204. The van der Waals surface area contributed by atoms with Crippen LogP contribution >= 0.6 is 0 Å². The summed E-state index contributed by atoms with van der Waals surface area (Å²) >= 11 is 0. The minimum atomic E-state index is 0.204. The first-order valence-electron chi connectivity index (χ1n) is 6.36. The molecule has 1 aliphatic heterocycles. The standard InChI is InChI=1S/C12H26N2O2/c1-3-13-12(10-15)9-14(2)8-11-4-6-16-7-5-11/h11-13,15H,3-10H2,1-2H3. The van der Waals surface area contributed by atoms with Gasteiger partial charge in [-0.3, -0.25) is 0 Å². The SMILES string of the molecule is CCNC(CO)CN(C)CC1CCOCC1. The normalized spacial score (nSPS) is 20.2. The molecule has 0 radical (unpaired) electrons. The molecule has 16 heavy (non-hydrogen) atoms. The summed E-state index contributed by atoms with van der Waals surface area (Å²) in [5.74, 6) is 0.764. The van der Waals surface area contributed by atoms with Crippen LogP contribution in [-0.4, -0.2) is 62.6 Å². The molecule has 1 saturated heterocycles. The van der Waals surface area contributed by atoms with Gasteiger partial charge in [0.2, 0.25) is 0 Å². The predicted octanol–water partition coefficient (Wildman–Crippen LogP) is 0.315. The maximum atomic E-state index is 9.20. The fraction of sp³-hybridized carbons (Fsp3) is 1.00. The third-order valence-corrected chi connectivity index (χ3v) is 3.16. The molecular weight excluding hydrogens is 204 g/mol. The van der Waals surface area contributed by atoms with Crippen LogP contribution in [0, 0.1) is 5.92 Å². The van der Waals surface area contributed by atoms with Crippen molar-refractivity contribution in [3.05, 3.63) is 0 Å². The molecule has 1 unspecified atom stereocenters. The molecule has 1 heterocycles. The van der Waals surface area contributed by atoms with Crippen LogP contribution in [-0.2, 0) is 4.74 Å². The van der Waals surface area contributed by atoms with E-state index in [9.17, 15) is 5.11 Å². The second-order valence-corrected chi connectivity index (χ2v) is 4.71. The van der Waals surface area contributed by atoms with Crippen molar-refractivity contribution in [2.24, 2.45) is 5.92 Å². The van der Waals surface area contributed by atoms with E-state index in [2.05, 4.69) is 24.2 Å². The summed E-state index contributed by atoms with van der Waals surface area (Å²) in [6, 6.07) is 0.204. The lowest BCUT2D eigenvalue weighted by molar-refractivity contribution is 0.0537. The van der Waals surface area contributed by atoms with Crippen molar-refractivity contribution < 1.29 is 9.84 Å². The first-order valence-corrected chi connectivity index (χ1v) is 6.36. The van der Waals surface area contributed by atoms with E-state index in [-0.39, 0.29) is 12.6 Å². The molecule has 4 nitrogen and oxygen atoms in total. The molecule has 0 saturated carbocycles. The summed E-state index contributed by atoms with van der Waals surface area (Å²) in [5.41, 5.74) is 0. The fourth-order valence-corrected chi connectivity index (χ4v) is 2.30. The summed E-state index contributed by atoms with van der Waals surface area (Å²) in [6.45, 7) is 7.06. The van der Waals surface area contributed by atoms with Crippen LogP contribution in [0.1, 0.15) is 19.8 Å². The molecule has 96 valence electrons. The van der Waals surface area contributed by atoms with Crippen molar-refractivity contribution >= 4 is 0 Å². The van der Waals surface area contributed by atoms with Crippen LogP contribution in [0.5, 0.6) is 0 Å². The number of nitrogens with zero attached hydrogens (tertiary/aromatic N) is 1. The first-order chi connectivity index (χ1) is 7.76. The van der Waals surface area contributed by atoms with E-state index < -0.39 is 0 Å². The van der Waals surface area contributed by atoms with Crippen LogP contribution in [0.4, 0.5) is 0 Å². The maximum absolute atomic E-state index is 9.20. The largest absolute Gasteiger partial charge is 0.395 e. The van der Waals surface area contributed by atoms with E-state index in [0.717, 1.165) is 38.8 Å². The Morgan fingerprint density at radius 3 is 2.69 bits per heavy atom. The first kappa shape index (κ1) is 13.9. The van der Waals surface area contributed by atoms with Crippen molar-refractivity contribution in [3.8, 4) is 0 Å². The van der Waals surface area contributed by atoms with Crippen LogP contribution in [0.15, 0.2) is 0 Å². The van der Waals surface area contributed by atoms with Crippen LogP contribution < -0.4 is 5.32 Å². The van der Waals surface area contributed by atoms with Gasteiger partial charge in [-0.05, 0) is 32.4 Å². The minimum Gasteiger partial charge on any atom is -0.395 e. The predicted molar refractivity (Wildman–Crippen MR) is 65.6 cm³/mol. The Hall–Kier alpha value is -0.160. The summed E-state index contributed by atoms with van der Waals surface area (Å²) in [5, 5.41) is 12.5. The van der Waals surface area contributed by atoms with Gasteiger partial charge in [0.15, 0.2) is 0 Å². The molecule has 0 spiro atoms. The van der Waals surface area contributed by atoms with Crippen molar-refractivity contribution in [1.82, 2.24) is 10.2 Å². The number of hydrogen-bond acceptors (Lipinski definition) is 4. The van der Waals surface area contributed by atoms with Gasteiger partial charge in [-0.25, -0.2) is 0 Å². The highest BCUT2D eigenvalue weighted by Crippen LogP contribution is 2.15. The van der Waals surface area contributed by atoms with E-state index in [1.165, 1.54) is 12.8 Å². The monoisotopic (exact) mass is 230 g/mol. The average Bonchev–Trinajstić information content (AvgIpc) is 2.29. The van der Waals surface area contributed by atoms with Gasteiger partial charge < -0.3 is 20.1 Å². The Balaban J connectivity index is 2.19. The van der Waals surface area contributed by atoms with Crippen molar-refractivity contribution in [2.45, 2.75) is 25.8 Å². The molecule has 4 heteroatoms. The van der Waals surface area contributed by atoms with Crippen molar-refractivity contribution in [1.29, 1.82) is 0 Å². The van der Waals surface area contributed by atoms with Crippen molar-refractivity contribution in [3.63, 3.8) is 0 Å². The molecule has 0 bridgehead atoms. The molecule has 1 atom stereocenters. The number of ether oxygens (including phenoxy) is 1. The van der Waals surface area contributed by atoms with E-state index in [0.29, 0.717) is 0 Å². The van der Waals surface area contributed by atoms with Gasteiger partial charge in [0, 0.05) is 32.3 Å². The smallest absolute Gasteiger partial charge is 0.0597 e. The third kappa shape index (κ3) is 5.25. The van der Waals surface area contributed by atoms with E-state index in [4.69, 9.17) is 4.74 Å². The van der Waals surface area contributed by atoms with Crippen molar-refractivity contribution in [2.75, 3.05) is 46.5 Å². The van der Waals surface area contributed by atoms with E-state index in [1.54, 1.807) is 0 Å². The fourth-order valence-electron chi connectivity index (χ4n) is 2.30. The van der Waals surface area contributed by atoms with Gasteiger partial charge in [0.05, 0.1) is 6.61 Å². The zero-order valence-electron chi connectivity index (χ0n) is 10.6. The van der Waals surface area contributed by atoms with Gasteiger partial charge in [-0.1, -0.05) is 6.92 Å².